The van der Waals surface area contributed by atoms with Crippen LogP contribution in [-0.4, -0.2) is 41.8 Å². The van der Waals surface area contributed by atoms with Crippen LogP contribution in [0, 0.1) is 0 Å². The molecular weight excluding hydrogens is 376 g/mol. The number of benzene rings is 2. The van der Waals surface area contributed by atoms with Crippen LogP contribution in [0.4, 0.5) is 5.69 Å². The smallest absolute Gasteiger partial charge is 0.267 e. The number of hydrogen-bond acceptors (Lipinski definition) is 6. The Morgan fingerprint density at radius 1 is 1.14 bits per heavy atom. The summed E-state index contributed by atoms with van der Waals surface area (Å²) in [4.78, 5) is 19.5. The number of phenolic OH excluding ortho intramolecular Hbond substituents is 1. The maximum Gasteiger partial charge on any atom is 0.267 e. The molecule has 28 heavy (non-hydrogen) atoms. The lowest BCUT2D eigenvalue weighted by Gasteiger charge is -2.12. The van der Waals surface area contributed by atoms with Crippen molar-refractivity contribution >= 4 is 34.6 Å². The number of phenols is 1. The summed E-state index contributed by atoms with van der Waals surface area (Å²) >= 11 is 1.29. The van der Waals surface area contributed by atoms with Crippen LogP contribution in [0.15, 0.2) is 65.0 Å². The number of carbonyl (C=O) groups excluding carboxylic acids is 1. The molecule has 1 saturated heterocycles. The van der Waals surface area contributed by atoms with Gasteiger partial charge < -0.3 is 14.6 Å². The number of carbonyl (C=O) groups is 1. The third-order valence-electron chi connectivity index (χ3n) is 3.98. The molecule has 1 amide bonds. The highest BCUT2D eigenvalue weighted by Gasteiger charge is 2.32. The molecule has 3 rings (SSSR count). The molecule has 1 aliphatic rings. The number of aromatic hydroxyl groups is 1. The maximum atomic E-state index is 12.8. The Labute approximate surface area is 167 Å². The van der Waals surface area contributed by atoms with Gasteiger partial charge in [0.15, 0.2) is 16.7 Å². The summed E-state index contributed by atoms with van der Waals surface area (Å²) in [6, 6.07) is 12.0. The Kier molecular flexibility index (Phi) is 6.06. The molecule has 2 aromatic carbocycles. The quantitative estimate of drug-likeness (QED) is 0.585. The van der Waals surface area contributed by atoms with Gasteiger partial charge in [-0.2, -0.15) is 0 Å². The molecule has 2 aromatic rings. The number of amidine groups is 1. The standard InChI is InChI=1S/C21H20N2O4S/c1-4-11-23-20(25)19(13-14-5-10-17(26-2)18(12-14)27-3)28-21(23)22-15-6-8-16(24)9-7-15/h4-10,12-13,24H,1,11H2,2-3H3/b19-13-,22-21?. The van der Waals surface area contributed by atoms with Crippen LogP contribution in [0.2, 0.25) is 0 Å². The van der Waals surface area contributed by atoms with Gasteiger partial charge in [-0.3, -0.25) is 9.69 Å². The molecule has 0 unspecified atom stereocenters. The number of rotatable bonds is 6. The molecule has 0 bridgehead atoms. The molecule has 144 valence electrons. The number of methoxy groups -OCH3 is 2. The summed E-state index contributed by atoms with van der Waals surface area (Å²) in [6.07, 6.45) is 3.45. The fraction of sp³-hybridized carbons (Fsp3) is 0.143. The van der Waals surface area contributed by atoms with Crippen molar-refractivity contribution in [2.24, 2.45) is 4.99 Å². The minimum Gasteiger partial charge on any atom is -0.508 e. The molecule has 0 aromatic heterocycles. The Morgan fingerprint density at radius 2 is 1.86 bits per heavy atom. The Bertz CT molecular complexity index is 951. The van der Waals surface area contributed by atoms with Gasteiger partial charge in [-0.1, -0.05) is 12.1 Å². The Morgan fingerprint density at radius 3 is 2.50 bits per heavy atom. The summed E-state index contributed by atoms with van der Waals surface area (Å²) in [7, 11) is 3.14. The van der Waals surface area contributed by atoms with Gasteiger partial charge in [0.2, 0.25) is 0 Å². The summed E-state index contributed by atoms with van der Waals surface area (Å²) < 4.78 is 10.6. The molecular formula is C21H20N2O4S. The molecule has 0 spiro atoms. The average molecular weight is 396 g/mol. The third-order valence-corrected chi connectivity index (χ3v) is 4.99. The zero-order valence-electron chi connectivity index (χ0n) is 15.6. The number of amides is 1. The normalized spacial score (nSPS) is 16.6. The van der Waals surface area contributed by atoms with E-state index in [1.165, 1.54) is 11.8 Å². The second-order valence-electron chi connectivity index (χ2n) is 5.84. The lowest BCUT2D eigenvalue weighted by molar-refractivity contribution is -0.121. The predicted molar refractivity (Wildman–Crippen MR) is 112 cm³/mol. The van der Waals surface area contributed by atoms with E-state index in [-0.39, 0.29) is 11.7 Å². The summed E-state index contributed by atoms with van der Waals surface area (Å²) in [5, 5.41) is 9.98. The fourth-order valence-electron chi connectivity index (χ4n) is 2.61. The van der Waals surface area contributed by atoms with Crippen LogP contribution in [-0.2, 0) is 4.79 Å². The minimum atomic E-state index is -0.141. The van der Waals surface area contributed by atoms with E-state index in [0.717, 1.165) is 5.56 Å². The van der Waals surface area contributed by atoms with E-state index in [9.17, 15) is 9.90 Å². The van der Waals surface area contributed by atoms with Gasteiger partial charge in [-0.25, -0.2) is 4.99 Å². The van der Waals surface area contributed by atoms with E-state index >= 15 is 0 Å². The van der Waals surface area contributed by atoms with Gasteiger partial charge in [-0.05, 0) is 59.8 Å². The van der Waals surface area contributed by atoms with Gasteiger partial charge in [0.05, 0.1) is 24.8 Å². The highest BCUT2D eigenvalue weighted by Crippen LogP contribution is 2.35. The van der Waals surface area contributed by atoms with Gasteiger partial charge in [0.1, 0.15) is 5.75 Å². The molecule has 0 saturated carbocycles. The van der Waals surface area contributed by atoms with Crippen molar-refractivity contribution < 1.29 is 19.4 Å². The van der Waals surface area contributed by atoms with Gasteiger partial charge in [0, 0.05) is 6.54 Å². The van der Waals surface area contributed by atoms with Gasteiger partial charge >= 0.3 is 0 Å². The molecule has 0 aliphatic carbocycles. The second kappa shape index (κ2) is 8.67. The van der Waals surface area contributed by atoms with Crippen LogP contribution < -0.4 is 9.47 Å². The van der Waals surface area contributed by atoms with Crippen LogP contribution in [0.5, 0.6) is 17.2 Å². The summed E-state index contributed by atoms with van der Waals surface area (Å²) in [5.74, 6) is 1.24. The van der Waals surface area contributed by atoms with E-state index in [2.05, 4.69) is 11.6 Å². The van der Waals surface area contributed by atoms with Crippen molar-refractivity contribution in [3.05, 3.63) is 65.6 Å². The molecule has 0 radical (unpaired) electrons. The fourth-order valence-corrected chi connectivity index (χ4v) is 3.62. The Hall–Kier alpha value is -3.19. The molecule has 6 nitrogen and oxygen atoms in total. The molecule has 0 atom stereocenters. The zero-order chi connectivity index (χ0) is 20.1. The first kappa shape index (κ1) is 19.6. The van der Waals surface area contributed by atoms with Crippen LogP contribution in [0.1, 0.15) is 5.56 Å². The topological polar surface area (TPSA) is 71.4 Å². The van der Waals surface area contributed by atoms with Crippen LogP contribution in [0.25, 0.3) is 6.08 Å². The molecule has 1 N–H and O–H groups in total. The molecule has 1 fully saturated rings. The lowest BCUT2D eigenvalue weighted by atomic mass is 10.2. The van der Waals surface area contributed by atoms with Crippen LogP contribution in [0.3, 0.4) is 0 Å². The van der Waals surface area contributed by atoms with Crippen molar-refractivity contribution in [2.45, 2.75) is 0 Å². The highest BCUT2D eigenvalue weighted by atomic mass is 32.2. The maximum absolute atomic E-state index is 12.8. The van der Waals surface area contributed by atoms with E-state index < -0.39 is 0 Å². The molecule has 1 heterocycles. The van der Waals surface area contributed by atoms with Crippen molar-refractivity contribution in [1.29, 1.82) is 0 Å². The number of nitrogens with zero attached hydrogens (tertiary/aromatic N) is 2. The predicted octanol–water partition coefficient (Wildman–Crippen LogP) is 4.20. The lowest BCUT2D eigenvalue weighted by Crippen LogP contribution is -2.29. The van der Waals surface area contributed by atoms with Crippen LogP contribution >= 0.6 is 11.8 Å². The van der Waals surface area contributed by atoms with Gasteiger partial charge in [-0.15, -0.1) is 6.58 Å². The first-order valence-corrected chi connectivity index (χ1v) is 9.29. The first-order valence-electron chi connectivity index (χ1n) is 8.47. The number of aliphatic imine (C=N–C) groups is 1. The van der Waals surface area contributed by atoms with Crippen molar-refractivity contribution in [1.82, 2.24) is 4.90 Å². The van der Waals surface area contributed by atoms with Gasteiger partial charge in [0.25, 0.3) is 5.91 Å². The van der Waals surface area contributed by atoms with E-state index in [4.69, 9.17) is 9.47 Å². The highest BCUT2D eigenvalue weighted by molar-refractivity contribution is 8.18. The second-order valence-corrected chi connectivity index (χ2v) is 6.85. The van der Waals surface area contributed by atoms with E-state index in [1.54, 1.807) is 61.6 Å². The van der Waals surface area contributed by atoms with Crippen molar-refractivity contribution in [3.63, 3.8) is 0 Å². The zero-order valence-corrected chi connectivity index (χ0v) is 16.4. The largest absolute Gasteiger partial charge is 0.508 e. The van der Waals surface area contributed by atoms with Crippen molar-refractivity contribution in [2.75, 3.05) is 20.8 Å². The third kappa shape index (κ3) is 4.20. The number of thioether (sulfide) groups is 1. The SMILES string of the molecule is C=CCN1C(=O)/C(=C/c2ccc(OC)c(OC)c2)SC1=Nc1ccc(O)cc1. The average Bonchev–Trinajstić information content (AvgIpc) is 2.98. The number of hydrogen-bond donors (Lipinski definition) is 1. The Balaban J connectivity index is 1.94. The van der Waals surface area contributed by atoms with E-state index in [0.29, 0.717) is 33.8 Å². The molecule has 7 heteroatoms. The van der Waals surface area contributed by atoms with E-state index in [1.807, 2.05) is 12.1 Å². The first-order chi connectivity index (χ1) is 13.5. The van der Waals surface area contributed by atoms with Crippen molar-refractivity contribution in [3.8, 4) is 17.2 Å². The number of ether oxygens (including phenoxy) is 2. The molecule has 1 aliphatic heterocycles. The minimum absolute atomic E-state index is 0.141. The summed E-state index contributed by atoms with van der Waals surface area (Å²) in [5.41, 5.74) is 1.47. The monoisotopic (exact) mass is 396 g/mol. The summed E-state index contributed by atoms with van der Waals surface area (Å²) in [6.45, 7) is 4.07.